The van der Waals surface area contributed by atoms with Crippen LogP contribution in [0.2, 0.25) is 0 Å². The smallest absolute Gasteiger partial charge is 0.223 e. The molecule has 0 radical (unpaired) electrons. The lowest BCUT2D eigenvalue weighted by molar-refractivity contribution is -0.129. The van der Waals surface area contributed by atoms with Gasteiger partial charge in [0.2, 0.25) is 5.91 Å². The van der Waals surface area contributed by atoms with E-state index < -0.39 is 0 Å². The first kappa shape index (κ1) is 12.4. The van der Waals surface area contributed by atoms with E-state index in [4.69, 9.17) is 4.74 Å². The van der Waals surface area contributed by atoms with Gasteiger partial charge in [-0.1, -0.05) is 28.8 Å². The Hall–Kier alpha value is -0.0900. The number of alkyl halides is 1. The van der Waals surface area contributed by atoms with Gasteiger partial charge in [-0.05, 0) is 25.7 Å². The number of halogens is 1. The third-order valence-corrected chi connectivity index (χ3v) is 4.87. The van der Waals surface area contributed by atoms with Gasteiger partial charge in [0.05, 0.1) is 0 Å². The average molecular weight is 290 g/mol. The van der Waals surface area contributed by atoms with Crippen LogP contribution in [0.3, 0.4) is 0 Å². The minimum Gasteiger partial charge on any atom is -0.381 e. The number of nitrogens with one attached hydrogen (secondary N) is 1. The highest BCUT2D eigenvalue weighted by molar-refractivity contribution is 9.09. The molecule has 0 aromatic heterocycles. The van der Waals surface area contributed by atoms with Gasteiger partial charge in [-0.2, -0.15) is 0 Å². The molecule has 4 heteroatoms. The molecule has 2 fully saturated rings. The summed E-state index contributed by atoms with van der Waals surface area (Å²) in [5, 5.41) is 4.15. The number of carbonyl (C=O) groups excluding carboxylic acids is 1. The Labute approximate surface area is 105 Å². The fraction of sp³-hybridized carbons (Fsp3) is 0.917. The maximum Gasteiger partial charge on any atom is 0.223 e. The molecule has 1 amide bonds. The van der Waals surface area contributed by atoms with Crippen molar-refractivity contribution in [2.24, 2.45) is 5.92 Å². The Morgan fingerprint density at radius 3 is 2.50 bits per heavy atom. The van der Waals surface area contributed by atoms with Crippen LogP contribution in [0.4, 0.5) is 0 Å². The van der Waals surface area contributed by atoms with Gasteiger partial charge < -0.3 is 10.1 Å². The highest BCUT2D eigenvalue weighted by Crippen LogP contribution is 2.32. The molecule has 1 aliphatic carbocycles. The van der Waals surface area contributed by atoms with E-state index in [1.165, 1.54) is 12.8 Å². The molecule has 1 aliphatic heterocycles. The summed E-state index contributed by atoms with van der Waals surface area (Å²) in [6, 6.07) is 0. The lowest BCUT2D eigenvalue weighted by Gasteiger charge is -2.31. The van der Waals surface area contributed by atoms with E-state index in [2.05, 4.69) is 21.2 Å². The van der Waals surface area contributed by atoms with Crippen LogP contribution in [0, 0.1) is 5.92 Å². The van der Waals surface area contributed by atoms with Crippen molar-refractivity contribution in [1.82, 2.24) is 5.32 Å². The van der Waals surface area contributed by atoms with E-state index in [0.29, 0.717) is 0 Å². The maximum atomic E-state index is 12.1. The maximum absolute atomic E-state index is 12.1. The summed E-state index contributed by atoms with van der Waals surface area (Å²) in [5.41, 5.74) is 0.0371. The zero-order chi connectivity index (χ0) is 11.4. The molecule has 0 unspecified atom stereocenters. The number of rotatable bonds is 3. The van der Waals surface area contributed by atoms with Crippen molar-refractivity contribution < 1.29 is 9.53 Å². The third-order valence-electron chi connectivity index (χ3n) is 3.80. The van der Waals surface area contributed by atoms with Crippen molar-refractivity contribution >= 4 is 21.8 Å². The van der Waals surface area contributed by atoms with Gasteiger partial charge in [-0.3, -0.25) is 4.79 Å². The Bertz CT molecular complexity index is 245. The second-order valence-corrected chi connectivity index (χ2v) is 5.56. The van der Waals surface area contributed by atoms with E-state index >= 15 is 0 Å². The van der Waals surface area contributed by atoms with Crippen LogP contribution in [-0.4, -0.2) is 30.0 Å². The van der Waals surface area contributed by atoms with Crippen molar-refractivity contribution in [3.8, 4) is 0 Å². The minimum atomic E-state index is 0.0371. The van der Waals surface area contributed by atoms with E-state index in [1.54, 1.807) is 0 Å². The number of amides is 1. The normalized spacial score (nSPS) is 25.6. The van der Waals surface area contributed by atoms with Crippen LogP contribution in [0.5, 0.6) is 0 Å². The van der Waals surface area contributed by atoms with Gasteiger partial charge in [0.1, 0.15) is 0 Å². The monoisotopic (exact) mass is 289 g/mol. The van der Waals surface area contributed by atoms with Crippen molar-refractivity contribution in [2.45, 2.75) is 44.1 Å². The lowest BCUT2D eigenvalue weighted by atomic mass is 9.95. The average Bonchev–Trinajstić information content (AvgIpc) is 2.79. The van der Waals surface area contributed by atoms with E-state index in [-0.39, 0.29) is 17.4 Å². The third kappa shape index (κ3) is 2.77. The van der Waals surface area contributed by atoms with E-state index in [1.807, 2.05) is 0 Å². The zero-order valence-electron chi connectivity index (χ0n) is 9.64. The van der Waals surface area contributed by atoms with Gasteiger partial charge in [-0.25, -0.2) is 0 Å². The van der Waals surface area contributed by atoms with Gasteiger partial charge >= 0.3 is 0 Å². The molecule has 0 aromatic rings. The molecule has 16 heavy (non-hydrogen) atoms. The van der Waals surface area contributed by atoms with Crippen LogP contribution in [0.25, 0.3) is 0 Å². The van der Waals surface area contributed by atoms with Crippen molar-refractivity contribution in [3.63, 3.8) is 0 Å². The largest absolute Gasteiger partial charge is 0.381 e. The summed E-state index contributed by atoms with van der Waals surface area (Å²) in [4.78, 5) is 12.1. The molecule has 1 heterocycles. The van der Waals surface area contributed by atoms with E-state index in [9.17, 15) is 4.79 Å². The van der Waals surface area contributed by atoms with Gasteiger partial charge in [-0.15, -0.1) is 0 Å². The molecular weight excluding hydrogens is 270 g/mol. The molecule has 92 valence electrons. The Morgan fingerprint density at radius 2 is 1.94 bits per heavy atom. The Morgan fingerprint density at radius 1 is 1.31 bits per heavy atom. The first-order valence-electron chi connectivity index (χ1n) is 6.21. The highest BCUT2D eigenvalue weighted by Gasteiger charge is 2.36. The van der Waals surface area contributed by atoms with Crippen LogP contribution < -0.4 is 5.32 Å². The van der Waals surface area contributed by atoms with Crippen LogP contribution in [0.15, 0.2) is 0 Å². The topological polar surface area (TPSA) is 38.3 Å². The predicted molar refractivity (Wildman–Crippen MR) is 66.7 cm³/mol. The number of hydrogen-bond acceptors (Lipinski definition) is 2. The van der Waals surface area contributed by atoms with Crippen molar-refractivity contribution in [3.05, 3.63) is 0 Å². The molecule has 2 aliphatic rings. The summed E-state index contributed by atoms with van der Waals surface area (Å²) in [7, 11) is 0. The lowest BCUT2D eigenvalue weighted by Crippen LogP contribution is -2.50. The summed E-state index contributed by atoms with van der Waals surface area (Å²) < 4.78 is 5.28. The quantitative estimate of drug-likeness (QED) is 0.810. The molecule has 1 saturated heterocycles. The van der Waals surface area contributed by atoms with Gasteiger partial charge in [0.25, 0.3) is 0 Å². The summed E-state index contributed by atoms with van der Waals surface area (Å²) in [6.07, 6.45) is 6.47. The summed E-state index contributed by atoms with van der Waals surface area (Å²) >= 11 is 3.55. The zero-order valence-corrected chi connectivity index (χ0v) is 11.2. The SMILES string of the molecule is O=C(NC1(CBr)CCCC1)C1CCOCC1. The summed E-state index contributed by atoms with van der Waals surface area (Å²) in [6.45, 7) is 1.47. The highest BCUT2D eigenvalue weighted by atomic mass is 79.9. The first-order chi connectivity index (χ1) is 7.76. The molecule has 0 bridgehead atoms. The van der Waals surface area contributed by atoms with Crippen molar-refractivity contribution in [2.75, 3.05) is 18.5 Å². The molecule has 0 spiro atoms. The van der Waals surface area contributed by atoms with E-state index in [0.717, 1.165) is 44.2 Å². The number of hydrogen-bond donors (Lipinski definition) is 1. The molecular formula is C12H20BrNO2. The number of carbonyl (C=O) groups is 1. The van der Waals surface area contributed by atoms with Crippen LogP contribution >= 0.6 is 15.9 Å². The Balaban J connectivity index is 1.89. The molecule has 2 rings (SSSR count). The number of ether oxygens (including phenoxy) is 1. The molecule has 0 atom stereocenters. The fourth-order valence-corrected chi connectivity index (χ4v) is 3.37. The molecule has 1 N–H and O–H groups in total. The second kappa shape index (κ2) is 5.50. The molecule has 1 saturated carbocycles. The Kier molecular flexibility index (Phi) is 4.25. The fourth-order valence-electron chi connectivity index (χ4n) is 2.67. The minimum absolute atomic E-state index is 0.0371. The van der Waals surface area contributed by atoms with Gasteiger partial charge in [0.15, 0.2) is 0 Å². The molecule has 0 aromatic carbocycles. The molecule has 3 nitrogen and oxygen atoms in total. The van der Waals surface area contributed by atoms with Crippen LogP contribution in [-0.2, 0) is 9.53 Å². The first-order valence-corrected chi connectivity index (χ1v) is 7.34. The van der Waals surface area contributed by atoms with Crippen LogP contribution in [0.1, 0.15) is 38.5 Å². The predicted octanol–water partition coefficient (Wildman–Crippen LogP) is 2.24. The van der Waals surface area contributed by atoms with Gasteiger partial charge in [0, 0.05) is 30.0 Å². The van der Waals surface area contributed by atoms with Crippen molar-refractivity contribution in [1.29, 1.82) is 0 Å². The standard InChI is InChI=1S/C12H20BrNO2/c13-9-12(5-1-2-6-12)14-11(15)10-3-7-16-8-4-10/h10H,1-9H2,(H,14,15). The summed E-state index contributed by atoms with van der Waals surface area (Å²) in [5.74, 6) is 0.412. The second-order valence-electron chi connectivity index (χ2n) is 5.00.